The Morgan fingerprint density at radius 2 is 2.10 bits per heavy atom. The van der Waals surface area contributed by atoms with Crippen molar-refractivity contribution in [3.8, 4) is 0 Å². The van der Waals surface area contributed by atoms with E-state index in [1.54, 1.807) is 6.92 Å². The molecule has 1 heterocycles. The third kappa shape index (κ3) is 3.90. The summed E-state index contributed by atoms with van der Waals surface area (Å²) in [6.07, 6.45) is 1.38. The first kappa shape index (κ1) is 14.7. The quantitative estimate of drug-likeness (QED) is 0.606. The van der Waals surface area contributed by atoms with Crippen LogP contribution in [0, 0.1) is 5.92 Å². The lowest BCUT2D eigenvalue weighted by Gasteiger charge is -2.30. The number of piperidine rings is 1. The van der Waals surface area contributed by atoms with Crippen molar-refractivity contribution in [3.05, 3.63) is 35.9 Å². The molecule has 1 aromatic rings. The highest BCUT2D eigenvalue weighted by Gasteiger charge is 2.33. The molecule has 1 fully saturated rings. The molecule has 0 aliphatic carbocycles. The van der Waals surface area contributed by atoms with Crippen molar-refractivity contribution in [2.24, 2.45) is 5.92 Å². The second kappa shape index (κ2) is 7.20. The molecule has 20 heavy (non-hydrogen) atoms. The first-order valence-corrected chi connectivity index (χ1v) is 7.16. The Labute approximate surface area is 119 Å². The summed E-state index contributed by atoms with van der Waals surface area (Å²) in [6, 6.07) is 10.2. The molecule has 1 unspecified atom stereocenters. The van der Waals surface area contributed by atoms with Crippen molar-refractivity contribution in [2.45, 2.75) is 19.8 Å². The average molecular weight is 275 g/mol. The van der Waals surface area contributed by atoms with Gasteiger partial charge in [0.25, 0.3) is 0 Å². The van der Waals surface area contributed by atoms with Crippen molar-refractivity contribution in [1.82, 2.24) is 4.90 Å². The Morgan fingerprint density at radius 1 is 1.35 bits per heavy atom. The number of esters is 1. The number of nitrogens with zero attached hydrogens (tertiary/aromatic N) is 1. The maximum absolute atomic E-state index is 11.8. The molecule has 1 atom stereocenters. The maximum atomic E-state index is 11.8. The SMILES string of the molecule is CCOC(=O)C1CN(CCc2ccccc2)CCC1=O. The average Bonchev–Trinajstić information content (AvgIpc) is 2.47. The molecule has 1 aliphatic rings. The van der Waals surface area contributed by atoms with Crippen molar-refractivity contribution in [1.29, 1.82) is 0 Å². The van der Waals surface area contributed by atoms with Gasteiger partial charge in [0, 0.05) is 26.1 Å². The Bertz CT molecular complexity index is 458. The fourth-order valence-electron chi connectivity index (χ4n) is 2.48. The van der Waals surface area contributed by atoms with Crippen LogP contribution in [0.1, 0.15) is 18.9 Å². The van der Waals surface area contributed by atoms with Gasteiger partial charge >= 0.3 is 5.97 Å². The lowest BCUT2D eigenvalue weighted by atomic mass is 9.96. The molecule has 0 spiro atoms. The van der Waals surface area contributed by atoms with Crippen LogP contribution in [0.2, 0.25) is 0 Å². The van der Waals surface area contributed by atoms with E-state index in [-0.39, 0.29) is 11.8 Å². The highest BCUT2D eigenvalue weighted by molar-refractivity contribution is 5.99. The number of hydrogen-bond donors (Lipinski definition) is 0. The summed E-state index contributed by atoms with van der Waals surface area (Å²) in [5, 5.41) is 0. The molecule has 0 saturated carbocycles. The lowest BCUT2D eigenvalue weighted by Crippen LogP contribution is -2.45. The minimum Gasteiger partial charge on any atom is -0.465 e. The van der Waals surface area contributed by atoms with Crippen LogP contribution in [0.15, 0.2) is 30.3 Å². The predicted molar refractivity (Wildman–Crippen MR) is 76.3 cm³/mol. The molecule has 1 aromatic carbocycles. The van der Waals surface area contributed by atoms with Gasteiger partial charge in [0.1, 0.15) is 11.7 Å². The number of carbonyl (C=O) groups excluding carboxylic acids is 2. The lowest BCUT2D eigenvalue weighted by molar-refractivity contribution is -0.153. The van der Waals surface area contributed by atoms with Gasteiger partial charge in [-0.1, -0.05) is 30.3 Å². The number of hydrogen-bond acceptors (Lipinski definition) is 4. The largest absolute Gasteiger partial charge is 0.465 e. The number of ether oxygens (including phenoxy) is 1. The zero-order chi connectivity index (χ0) is 14.4. The predicted octanol–water partition coefficient (Wildman–Crippen LogP) is 1.68. The topological polar surface area (TPSA) is 46.6 Å². The van der Waals surface area contributed by atoms with Crippen LogP contribution >= 0.6 is 0 Å². The molecule has 0 bridgehead atoms. The van der Waals surface area contributed by atoms with Crippen LogP contribution in [-0.4, -0.2) is 42.9 Å². The molecule has 0 N–H and O–H groups in total. The third-order valence-electron chi connectivity index (χ3n) is 3.63. The van der Waals surface area contributed by atoms with Crippen LogP contribution < -0.4 is 0 Å². The van der Waals surface area contributed by atoms with Gasteiger partial charge in [-0.3, -0.25) is 9.59 Å². The van der Waals surface area contributed by atoms with Crippen molar-refractivity contribution in [3.63, 3.8) is 0 Å². The summed E-state index contributed by atoms with van der Waals surface area (Å²) in [5.41, 5.74) is 1.28. The number of benzene rings is 1. The number of ketones is 1. The molecule has 4 nitrogen and oxygen atoms in total. The van der Waals surface area contributed by atoms with E-state index in [4.69, 9.17) is 4.74 Å². The Kier molecular flexibility index (Phi) is 5.30. The minimum absolute atomic E-state index is 0.0133. The summed E-state index contributed by atoms with van der Waals surface area (Å²) in [6.45, 7) is 4.18. The van der Waals surface area contributed by atoms with Crippen molar-refractivity contribution < 1.29 is 14.3 Å². The third-order valence-corrected chi connectivity index (χ3v) is 3.63. The first-order chi connectivity index (χ1) is 9.70. The molecular weight excluding hydrogens is 254 g/mol. The number of rotatable bonds is 5. The van der Waals surface area contributed by atoms with E-state index in [9.17, 15) is 9.59 Å². The molecule has 0 amide bonds. The molecule has 4 heteroatoms. The van der Waals surface area contributed by atoms with Gasteiger partial charge in [-0.25, -0.2) is 0 Å². The van der Waals surface area contributed by atoms with E-state index < -0.39 is 5.92 Å². The second-order valence-corrected chi connectivity index (χ2v) is 5.06. The molecule has 1 saturated heterocycles. The van der Waals surface area contributed by atoms with E-state index in [1.165, 1.54) is 5.56 Å². The number of Topliss-reactive ketones (excluding diaryl/α,β-unsaturated/α-hetero) is 1. The number of likely N-dealkylation sites (tertiary alicyclic amines) is 1. The van der Waals surface area contributed by atoms with Gasteiger partial charge in [0.15, 0.2) is 0 Å². The molecular formula is C16H21NO3. The molecule has 0 aromatic heterocycles. The van der Waals surface area contributed by atoms with Gasteiger partial charge < -0.3 is 9.64 Å². The molecule has 1 aliphatic heterocycles. The van der Waals surface area contributed by atoms with Gasteiger partial charge in [0.05, 0.1) is 6.61 Å². The first-order valence-electron chi connectivity index (χ1n) is 7.16. The van der Waals surface area contributed by atoms with Gasteiger partial charge in [-0.15, -0.1) is 0 Å². The molecule has 2 rings (SSSR count). The van der Waals surface area contributed by atoms with E-state index >= 15 is 0 Å². The van der Waals surface area contributed by atoms with Crippen LogP contribution in [0.4, 0.5) is 0 Å². The van der Waals surface area contributed by atoms with Crippen LogP contribution in [0.5, 0.6) is 0 Å². The highest BCUT2D eigenvalue weighted by atomic mass is 16.5. The summed E-state index contributed by atoms with van der Waals surface area (Å²) >= 11 is 0. The van der Waals surface area contributed by atoms with Crippen LogP contribution in [-0.2, 0) is 20.7 Å². The second-order valence-electron chi connectivity index (χ2n) is 5.06. The fraction of sp³-hybridized carbons (Fsp3) is 0.500. The fourth-order valence-corrected chi connectivity index (χ4v) is 2.48. The van der Waals surface area contributed by atoms with Gasteiger partial charge in [-0.05, 0) is 18.9 Å². The van der Waals surface area contributed by atoms with E-state index in [0.29, 0.717) is 19.6 Å². The standard InChI is InChI=1S/C16H21NO3/c1-2-20-16(19)14-12-17(11-9-15(14)18)10-8-13-6-4-3-5-7-13/h3-7,14H,2,8-12H2,1H3. The van der Waals surface area contributed by atoms with Crippen LogP contribution in [0.25, 0.3) is 0 Å². The van der Waals surface area contributed by atoms with Crippen LogP contribution in [0.3, 0.4) is 0 Å². The summed E-state index contributed by atoms with van der Waals surface area (Å²) in [5.74, 6) is -0.958. The zero-order valence-electron chi connectivity index (χ0n) is 11.9. The van der Waals surface area contributed by atoms with Gasteiger partial charge in [-0.2, -0.15) is 0 Å². The van der Waals surface area contributed by atoms with E-state index in [1.807, 2.05) is 18.2 Å². The van der Waals surface area contributed by atoms with Gasteiger partial charge in [0.2, 0.25) is 0 Å². The maximum Gasteiger partial charge on any atom is 0.317 e. The van der Waals surface area contributed by atoms with Crippen molar-refractivity contribution >= 4 is 11.8 Å². The summed E-state index contributed by atoms with van der Waals surface area (Å²) in [7, 11) is 0. The Hall–Kier alpha value is -1.68. The Morgan fingerprint density at radius 3 is 2.80 bits per heavy atom. The molecule has 108 valence electrons. The summed E-state index contributed by atoms with van der Waals surface area (Å²) < 4.78 is 4.98. The monoisotopic (exact) mass is 275 g/mol. The molecule has 0 radical (unpaired) electrons. The van der Waals surface area contributed by atoms with E-state index in [2.05, 4.69) is 17.0 Å². The summed E-state index contributed by atoms with van der Waals surface area (Å²) in [4.78, 5) is 25.7. The van der Waals surface area contributed by atoms with Crippen molar-refractivity contribution in [2.75, 3.05) is 26.2 Å². The Balaban J connectivity index is 1.87. The van der Waals surface area contributed by atoms with E-state index in [0.717, 1.165) is 19.5 Å². The minimum atomic E-state index is -0.598. The zero-order valence-corrected chi connectivity index (χ0v) is 11.9. The normalized spacial score (nSPS) is 19.9. The smallest absolute Gasteiger partial charge is 0.317 e. The number of carbonyl (C=O) groups is 2. The highest BCUT2D eigenvalue weighted by Crippen LogP contribution is 2.15.